The number of aliphatic hydroxyl groups is 1. The lowest BCUT2D eigenvalue weighted by molar-refractivity contribution is -0.384. The Balaban J connectivity index is 2.36. The first-order chi connectivity index (χ1) is 11.8. The smallest absolute Gasteiger partial charge is 0.293 e. The Morgan fingerprint density at radius 3 is 2.48 bits per heavy atom. The van der Waals surface area contributed by atoms with Gasteiger partial charge in [0, 0.05) is 19.2 Å². The van der Waals surface area contributed by atoms with Crippen LogP contribution in [0.15, 0.2) is 23.1 Å². The number of aliphatic hydroxyl groups excluding tert-OH is 1. The van der Waals surface area contributed by atoms with E-state index in [9.17, 15) is 23.6 Å². The Morgan fingerprint density at radius 1 is 1.28 bits per heavy atom. The standard InChI is InChI=1S/C16H25N3O5S/c1-3-18(4-2)25(23,24)12-9-10-13(15(11-12)19(21)22)17-14-7-5-6-8-16(14)20/h9-11,14,16-17,20H,3-8H2,1-2H3. The summed E-state index contributed by atoms with van der Waals surface area (Å²) in [7, 11) is -3.77. The van der Waals surface area contributed by atoms with Crippen molar-refractivity contribution in [1.29, 1.82) is 0 Å². The van der Waals surface area contributed by atoms with E-state index in [-0.39, 0.29) is 22.3 Å². The molecule has 1 aromatic rings. The average Bonchev–Trinajstić information content (AvgIpc) is 2.57. The number of nitro benzene ring substituents is 1. The minimum atomic E-state index is -3.77. The molecular weight excluding hydrogens is 346 g/mol. The molecular formula is C16H25N3O5S. The molecule has 1 aliphatic carbocycles. The summed E-state index contributed by atoms with van der Waals surface area (Å²) >= 11 is 0. The second kappa shape index (κ2) is 8.11. The van der Waals surface area contributed by atoms with Crippen LogP contribution < -0.4 is 5.32 Å². The normalized spacial score (nSPS) is 21.3. The van der Waals surface area contributed by atoms with E-state index >= 15 is 0 Å². The van der Waals surface area contributed by atoms with Crippen LogP contribution in [0, 0.1) is 10.1 Å². The number of hydrogen-bond acceptors (Lipinski definition) is 6. The van der Waals surface area contributed by atoms with Crippen molar-refractivity contribution in [1.82, 2.24) is 4.31 Å². The van der Waals surface area contributed by atoms with Crippen LogP contribution in [-0.4, -0.2) is 48.0 Å². The lowest BCUT2D eigenvalue weighted by atomic mass is 9.92. The molecule has 1 fully saturated rings. The monoisotopic (exact) mass is 371 g/mol. The van der Waals surface area contributed by atoms with Crippen molar-refractivity contribution in [3.63, 3.8) is 0 Å². The minimum absolute atomic E-state index is 0.0994. The summed E-state index contributed by atoms with van der Waals surface area (Å²) in [5, 5.41) is 24.5. The first-order valence-corrected chi connectivity index (χ1v) is 9.98. The van der Waals surface area contributed by atoms with Crippen molar-refractivity contribution in [2.75, 3.05) is 18.4 Å². The molecule has 1 aliphatic rings. The van der Waals surface area contributed by atoms with Crippen LogP contribution in [0.1, 0.15) is 39.5 Å². The molecule has 25 heavy (non-hydrogen) atoms. The summed E-state index contributed by atoms with van der Waals surface area (Å²) in [4.78, 5) is 10.7. The molecule has 9 heteroatoms. The topological polar surface area (TPSA) is 113 Å². The van der Waals surface area contributed by atoms with Crippen molar-refractivity contribution in [2.45, 2.75) is 56.6 Å². The molecule has 0 radical (unpaired) electrons. The molecule has 8 nitrogen and oxygen atoms in total. The zero-order valence-corrected chi connectivity index (χ0v) is 15.3. The molecule has 0 heterocycles. The largest absolute Gasteiger partial charge is 0.391 e. The predicted octanol–water partition coefficient (Wildman–Crippen LogP) is 2.34. The molecule has 1 aromatic carbocycles. The molecule has 0 spiro atoms. The number of nitrogens with one attached hydrogen (secondary N) is 1. The van der Waals surface area contributed by atoms with Gasteiger partial charge in [-0.15, -0.1) is 0 Å². The Hall–Kier alpha value is -1.71. The van der Waals surface area contributed by atoms with Gasteiger partial charge < -0.3 is 10.4 Å². The van der Waals surface area contributed by atoms with Crippen molar-refractivity contribution < 1.29 is 18.4 Å². The molecule has 1 saturated carbocycles. The molecule has 0 saturated heterocycles. The van der Waals surface area contributed by atoms with Crippen LogP contribution in [0.25, 0.3) is 0 Å². The minimum Gasteiger partial charge on any atom is -0.391 e. The highest BCUT2D eigenvalue weighted by molar-refractivity contribution is 7.89. The van der Waals surface area contributed by atoms with E-state index in [1.165, 1.54) is 16.4 Å². The van der Waals surface area contributed by atoms with Gasteiger partial charge in [-0.2, -0.15) is 4.31 Å². The van der Waals surface area contributed by atoms with E-state index in [2.05, 4.69) is 5.32 Å². The zero-order chi connectivity index (χ0) is 18.6. The van der Waals surface area contributed by atoms with Crippen LogP contribution in [0.5, 0.6) is 0 Å². The number of hydrogen-bond donors (Lipinski definition) is 2. The van der Waals surface area contributed by atoms with Crippen molar-refractivity contribution in [3.8, 4) is 0 Å². The Labute approximate surface area is 148 Å². The van der Waals surface area contributed by atoms with Gasteiger partial charge in [-0.3, -0.25) is 10.1 Å². The molecule has 0 aliphatic heterocycles. The third-order valence-corrected chi connectivity index (χ3v) is 6.63. The van der Waals surface area contributed by atoms with Crippen LogP contribution >= 0.6 is 0 Å². The van der Waals surface area contributed by atoms with Crippen molar-refractivity contribution in [2.24, 2.45) is 0 Å². The molecule has 0 amide bonds. The lowest BCUT2D eigenvalue weighted by Gasteiger charge is -2.29. The Bertz CT molecular complexity index is 718. The van der Waals surface area contributed by atoms with E-state index in [1.807, 2.05) is 0 Å². The zero-order valence-electron chi connectivity index (χ0n) is 14.5. The van der Waals surface area contributed by atoms with Gasteiger partial charge in [0.05, 0.1) is 22.0 Å². The molecule has 2 N–H and O–H groups in total. The number of benzene rings is 1. The SMILES string of the molecule is CCN(CC)S(=O)(=O)c1ccc(NC2CCCCC2O)c([N+](=O)[O-])c1. The molecule has 2 rings (SSSR count). The van der Waals surface area contributed by atoms with Crippen LogP contribution in [-0.2, 0) is 10.0 Å². The molecule has 2 atom stereocenters. The van der Waals surface area contributed by atoms with E-state index in [0.29, 0.717) is 19.5 Å². The number of nitro groups is 1. The highest BCUT2D eigenvalue weighted by Gasteiger charge is 2.28. The first-order valence-electron chi connectivity index (χ1n) is 8.54. The van der Waals surface area contributed by atoms with E-state index in [0.717, 1.165) is 25.3 Å². The predicted molar refractivity (Wildman–Crippen MR) is 95.1 cm³/mol. The highest BCUT2D eigenvalue weighted by atomic mass is 32.2. The van der Waals surface area contributed by atoms with Gasteiger partial charge in [0.15, 0.2) is 0 Å². The number of anilines is 1. The van der Waals surface area contributed by atoms with Gasteiger partial charge in [0.1, 0.15) is 5.69 Å². The highest BCUT2D eigenvalue weighted by Crippen LogP contribution is 2.31. The second-order valence-corrected chi connectivity index (χ2v) is 8.07. The van der Waals surface area contributed by atoms with E-state index < -0.39 is 21.1 Å². The lowest BCUT2D eigenvalue weighted by Crippen LogP contribution is -2.36. The van der Waals surface area contributed by atoms with Crippen LogP contribution in [0.3, 0.4) is 0 Å². The second-order valence-electron chi connectivity index (χ2n) is 6.13. The summed E-state index contributed by atoms with van der Waals surface area (Å²) in [5.41, 5.74) is -0.0690. The van der Waals surface area contributed by atoms with Gasteiger partial charge >= 0.3 is 0 Å². The first kappa shape index (κ1) is 19.6. The summed E-state index contributed by atoms with van der Waals surface area (Å²) in [6.45, 7) is 4.02. The maximum Gasteiger partial charge on any atom is 0.293 e. The van der Waals surface area contributed by atoms with Crippen molar-refractivity contribution >= 4 is 21.4 Å². The van der Waals surface area contributed by atoms with Gasteiger partial charge in [-0.1, -0.05) is 26.7 Å². The molecule has 140 valence electrons. The summed E-state index contributed by atoms with van der Waals surface area (Å²) in [6.07, 6.45) is 2.68. The number of rotatable bonds is 7. The van der Waals surface area contributed by atoms with Crippen LogP contribution in [0.4, 0.5) is 11.4 Å². The molecule has 0 aromatic heterocycles. The van der Waals surface area contributed by atoms with Gasteiger partial charge in [-0.05, 0) is 25.0 Å². The van der Waals surface area contributed by atoms with Gasteiger partial charge in [0.25, 0.3) is 5.69 Å². The quantitative estimate of drug-likeness (QED) is 0.562. The maximum absolute atomic E-state index is 12.6. The summed E-state index contributed by atoms with van der Waals surface area (Å²) in [6, 6.07) is 3.61. The van der Waals surface area contributed by atoms with Crippen molar-refractivity contribution in [3.05, 3.63) is 28.3 Å². The average molecular weight is 371 g/mol. The van der Waals surface area contributed by atoms with E-state index in [1.54, 1.807) is 13.8 Å². The van der Waals surface area contributed by atoms with E-state index in [4.69, 9.17) is 0 Å². The summed E-state index contributed by atoms with van der Waals surface area (Å²) < 4.78 is 26.4. The fraction of sp³-hybridized carbons (Fsp3) is 0.625. The van der Waals surface area contributed by atoms with Gasteiger partial charge in [-0.25, -0.2) is 8.42 Å². The van der Waals surface area contributed by atoms with Gasteiger partial charge in [0.2, 0.25) is 10.0 Å². The van der Waals surface area contributed by atoms with Crippen LogP contribution in [0.2, 0.25) is 0 Å². The third kappa shape index (κ3) is 4.28. The molecule has 0 bridgehead atoms. The third-order valence-electron chi connectivity index (χ3n) is 4.58. The Morgan fingerprint density at radius 2 is 1.92 bits per heavy atom. The maximum atomic E-state index is 12.6. The fourth-order valence-electron chi connectivity index (χ4n) is 3.14. The number of nitrogens with zero attached hydrogens (tertiary/aromatic N) is 2. The summed E-state index contributed by atoms with van der Waals surface area (Å²) in [5.74, 6) is 0. The fourth-order valence-corrected chi connectivity index (χ4v) is 4.62. The number of sulfonamides is 1. The molecule has 2 unspecified atom stereocenters. The Kier molecular flexibility index (Phi) is 6.36.